The topological polar surface area (TPSA) is 128 Å². The minimum atomic E-state index is 0.0627. The second kappa shape index (κ2) is 10.6. The highest BCUT2D eigenvalue weighted by Crippen LogP contribution is 2.32. The predicted molar refractivity (Wildman–Crippen MR) is 107 cm³/mol. The van der Waals surface area contributed by atoms with Gasteiger partial charge in [-0.1, -0.05) is 0 Å². The third kappa shape index (κ3) is 6.50. The molecule has 0 spiro atoms. The Kier molecular flexibility index (Phi) is 8.21. The maximum atomic E-state index is 5.95. The second-order valence-electron chi connectivity index (χ2n) is 6.40. The molecule has 0 aliphatic heterocycles. The average Bonchev–Trinajstić information content (AvgIpc) is 2.67. The fourth-order valence-electron chi connectivity index (χ4n) is 2.32. The van der Waals surface area contributed by atoms with Crippen molar-refractivity contribution in [2.45, 2.75) is 38.9 Å². The van der Waals surface area contributed by atoms with Crippen molar-refractivity contribution in [1.29, 1.82) is 0 Å². The summed E-state index contributed by atoms with van der Waals surface area (Å²) in [6.07, 6.45) is 1.71. The van der Waals surface area contributed by atoms with Crippen LogP contribution < -0.4 is 20.9 Å². The molecule has 1 aromatic heterocycles. The normalized spacial score (nSPS) is 13.1. The fraction of sp³-hybridized carbons (Fsp3) is 0.526. The number of aromatic nitrogens is 3. The maximum absolute atomic E-state index is 5.95. The lowest BCUT2D eigenvalue weighted by Crippen LogP contribution is -2.13. The van der Waals surface area contributed by atoms with E-state index in [0.29, 0.717) is 36.1 Å². The number of ether oxygens (including phenoxy) is 4. The minimum absolute atomic E-state index is 0.0627. The lowest BCUT2D eigenvalue weighted by Gasteiger charge is -2.16. The van der Waals surface area contributed by atoms with Crippen LogP contribution in [0.3, 0.4) is 0 Å². The summed E-state index contributed by atoms with van der Waals surface area (Å²) in [5.74, 6) is 1.72. The first-order valence-electron chi connectivity index (χ1n) is 9.15. The van der Waals surface area contributed by atoms with Crippen LogP contribution >= 0.6 is 0 Å². The zero-order valence-electron chi connectivity index (χ0n) is 16.8. The molecule has 1 aromatic carbocycles. The van der Waals surface area contributed by atoms with Crippen LogP contribution in [0.25, 0.3) is 11.4 Å². The number of hydrogen-bond donors (Lipinski definition) is 2. The Morgan fingerprint density at radius 1 is 0.821 bits per heavy atom. The first-order valence-corrected chi connectivity index (χ1v) is 9.15. The Morgan fingerprint density at radius 2 is 1.36 bits per heavy atom. The highest BCUT2D eigenvalue weighted by molar-refractivity contribution is 5.62. The molecule has 0 amide bonds. The largest absolute Gasteiger partial charge is 0.490 e. The minimum Gasteiger partial charge on any atom is -0.490 e. The van der Waals surface area contributed by atoms with Crippen molar-refractivity contribution >= 4 is 11.9 Å². The van der Waals surface area contributed by atoms with Crippen LogP contribution in [0, 0.1) is 0 Å². The van der Waals surface area contributed by atoms with Crippen molar-refractivity contribution in [3.63, 3.8) is 0 Å². The molecule has 2 rings (SSSR count). The molecular formula is C19H29N5O4. The van der Waals surface area contributed by atoms with Gasteiger partial charge in [0.15, 0.2) is 17.3 Å². The van der Waals surface area contributed by atoms with Crippen LogP contribution in [0.1, 0.15) is 26.7 Å². The summed E-state index contributed by atoms with van der Waals surface area (Å²) in [5, 5.41) is 0. The smallest absolute Gasteiger partial charge is 0.225 e. The Balaban J connectivity index is 2.20. The molecule has 9 nitrogen and oxygen atoms in total. The molecule has 0 bridgehead atoms. The van der Waals surface area contributed by atoms with E-state index >= 15 is 0 Å². The van der Waals surface area contributed by atoms with E-state index in [1.165, 1.54) is 0 Å². The molecule has 28 heavy (non-hydrogen) atoms. The molecule has 0 radical (unpaired) electrons. The number of hydrogen-bond acceptors (Lipinski definition) is 9. The number of nitrogens with two attached hydrogens (primary N) is 2. The van der Waals surface area contributed by atoms with Crippen LogP contribution in [0.5, 0.6) is 11.5 Å². The van der Waals surface area contributed by atoms with Gasteiger partial charge in [-0.2, -0.15) is 15.0 Å². The molecule has 0 fully saturated rings. The summed E-state index contributed by atoms with van der Waals surface area (Å²) in [6, 6.07) is 5.45. The summed E-state index contributed by atoms with van der Waals surface area (Å²) < 4.78 is 22.4. The van der Waals surface area contributed by atoms with Crippen molar-refractivity contribution in [1.82, 2.24) is 15.0 Å². The maximum Gasteiger partial charge on any atom is 0.225 e. The molecule has 154 valence electrons. The summed E-state index contributed by atoms with van der Waals surface area (Å²) in [7, 11) is 3.35. The summed E-state index contributed by atoms with van der Waals surface area (Å²) in [4.78, 5) is 12.1. The van der Waals surface area contributed by atoms with E-state index < -0.39 is 0 Å². The van der Waals surface area contributed by atoms with E-state index in [0.717, 1.165) is 12.8 Å². The first kappa shape index (κ1) is 21.6. The summed E-state index contributed by atoms with van der Waals surface area (Å²) in [6.45, 7) is 4.96. The van der Waals surface area contributed by atoms with Crippen molar-refractivity contribution in [2.24, 2.45) is 0 Å². The molecular weight excluding hydrogens is 362 g/mol. The van der Waals surface area contributed by atoms with Gasteiger partial charge in [0.2, 0.25) is 11.9 Å². The molecule has 2 aromatic rings. The van der Waals surface area contributed by atoms with Gasteiger partial charge in [0.05, 0.1) is 25.4 Å². The number of methoxy groups -OCH3 is 2. The molecule has 4 N–H and O–H groups in total. The Labute approximate surface area is 165 Å². The van der Waals surface area contributed by atoms with Gasteiger partial charge < -0.3 is 30.4 Å². The molecule has 0 aliphatic rings. The van der Waals surface area contributed by atoms with E-state index in [9.17, 15) is 0 Å². The van der Waals surface area contributed by atoms with Crippen LogP contribution in [-0.4, -0.2) is 54.6 Å². The molecule has 0 saturated heterocycles. The highest BCUT2D eigenvalue weighted by Gasteiger charge is 2.13. The number of anilines is 2. The predicted octanol–water partition coefficient (Wildman–Crippen LogP) is 2.31. The Hall–Kier alpha value is -2.65. The average molecular weight is 391 g/mol. The van der Waals surface area contributed by atoms with Gasteiger partial charge in [0.1, 0.15) is 0 Å². The van der Waals surface area contributed by atoms with Crippen LogP contribution in [0.4, 0.5) is 11.9 Å². The molecule has 1 heterocycles. The van der Waals surface area contributed by atoms with Gasteiger partial charge in [0, 0.05) is 32.6 Å². The number of nitrogens with zero attached hydrogens (tertiary/aromatic N) is 3. The Bertz CT molecular complexity index is 739. The second-order valence-corrected chi connectivity index (χ2v) is 6.40. The zero-order chi connectivity index (χ0) is 20.5. The van der Waals surface area contributed by atoms with Crippen LogP contribution in [0.2, 0.25) is 0 Å². The van der Waals surface area contributed by atoms with E-state index in [4.69, 9.17) is 30.4 Å². The first-order chi connectivity index (χ1) is 13.4. The number of nitrogen functional groups attached to an aromatic ring is 2. The van der Waals surface area contributed by atoms with Gasteiger partial charge in [-0.3, -0.25) is 0 Å². The van der Waals surface area contributed by atoms with E-state index in [1.807, 2.05) is 26.0 Å². The van der Waals surface area contributed by atoms with Gasteiger partial charge in [-0.15, -0.1) is 0 Å². The molecule has 2 atom stereocenters. The van der Waals surface area contributed by atoms with Gasteiger partial charge in [0.25, 0.3) is 0 Å². The van der Waals surface area contributed by atoms with E-state index in [2.05, 4.69) is 15.0 Å². The molecule has 0 aliphatic carbocycles. The summed E-state index contributed by atoms with van der Waals surface area (Å²) in [5.41, 5.74) is 12.1. The standard InChI is InChI=1S/C19H29N5O4/c1-12(25-3)7-9-27-15-6-5-14(17-22-18(20)24-19(21)23-17)11-16(15)28-10-8-13(2)26-4/h5-6,11-13H,7-10H2,1-4H3,(H4,20,21,22,23,24). The lowest BCUT2D eigenvalue weighted by atomic mass is 10.2. The van der Waals surface area contributed by atoms with E-state index in [1.54, 1.807) is 20.3 Å². The molecule has 9 heteroatoms. The van der Waals surface area contributed by atoms with Crippen molar-refractivity contribution < 1.29 is 18.9 Å². The monoisotopic (exact) mass is 391 g/mol. The van der Waals surface area contributed by atoms with Crippen LogP contribution in [-0.2, 0) is 9.47 Å². The highest BCUT2D eigenvalue weighted by atomic mass is 16.5. The number of rotatable bonds is 11. The quantitative estimate of drug-likeness (QED) is 0.593. The summed E-state index contributed by atoms with van der Waals surface area (Å²) >= 11 is 0. The Morgan fingerprint density at radius 3 is 1.89 bits per heavy atom. The SMILES string of the molecule is COC(C)CCOc1ccc(-c2nc(N)nc(N)n2)cc1OCCC(C)OC. The molecule has 0 saturated carbocycles. The fourth-order valence-corrected chi connectivity index (χ4v) is 2.32. The molecule has 2 unspecified atom stereocenters. The van der Waals surface area contributed by atoms with E-state index in [-0.39, 0.29) is 24.1 Å². The third-order valence-electron chi connectivity index (χ3n) is 4.24. The third-order valence-corrected chi connectivity index (χ3v) is 4.24. The number of benzene rings is 1. The van der Waals surface area contributed by atoms with Gasteiger partial charge in [-0.05, 0) is 32.0 Å². The zero-order valence-corrected chi connectivity index (χ0v) is 16.8. The van der Waals surface area contributed by atoms with Gasteiger partial charge >= 0.3 is 0 Å². The van der Waals surface area contributed by atoms with Crippen molar-refractivity contribution in [2.75, 3.05) is 38.9 Å². The van der Waals surface area contributed by atoms with Crippen molar-refractivity contribution in [3.8, 4) is 22.9 Å². The van der Waals surface area contributed by atoms with Crippen LogP contribution in [0.15, 0.2) is 18.2 Å². The van der Waals surface area contributed by atoms with Crippen molar-refractivity contribution in [3.05, 3.63) is 18.2 Å². The van der Waals surface area contributed by atoms with Gasteiger partial charge in [-0.25, -0.2) is 0 Å². The lowest BCUT2D eigenvalue weighted by molar-refractivity contribution is 0.0907.